The Bertz CT molecular complexity index is 306. The van der Waals surface area contributed by atoms with Crippen LogP contribution < -0.4 is 4.74 Å². The van der Waals surface area contributed by atoms with E-state index >= 15 is 0 Å². The maximum Gasteiger partial charge on any atom is 0.137 e. The van der Waals surface area contributed by atoms with Gasteiger partial charge in [0.05, 0.1) is 17.6 Å². The van der Waals surface area contributed by atoms with Crippen LogP contribution in [0.4, 0.5) is 0 Å². The van der Waals surface area contributed by atoms with E-state index < -0.39 is 0 Å². The number of methoxy groups -OCH3 is 1. The second kappa shape index (κ2) is 5.59. The molecule has 0 radical (unpaired) electrons. The second-order valence-electron chi connectivity index (χ2n) is 3.10. The highest BCUT2D eigenvalue weighted by Crippen LogP contribution is 2.25. The Kier molecular flexibility index (Phi) is 4.72. The lowest BCUT2D eigenvalue weighted by Crippen LogP contribution is -2.14. The van der Waals surface area contributed by atoms with Crippen LogP contribution in [0, 0.1) is 0 Å². The predicted molar refractivity (Wildman–Crippen MR) is 63.3 cm³/mol. The van der Waals surface area contributed by atoms with Gasteiger partial charge in [0.15, 0.2) is 0 Å². The van der Waals surface area contributed by atoms with Crippen molar-refractivity contribution in [3.05, 3.63) is 28.8 Å². The molecule has 0 aromatic heterocycles. The van der Waals surface area contributed by atoms with Crippen LogP contribution in [0.5, 0.6) is 5.75 Å². The first-order valence-corrected chi connectivity index (χ1v) is 5.74. The first-order valence-electron chi connectivity index (χ1n) is 4.24. The number of alkyl halides is 1. The topological polar surface area (TPSA) is 12.5 Å². The molecule has 0 atom stereocenters. The molecule has 0 fully saturated rings. The van der Waals surface area contributed by atoms with E-state index in [4.69, 9.17) is 16.3 Å². The molecule has 0 aliphatic heterocycles. The minimum Gasteiger partial charge on any atom is -0.495 e. The van der Waals surface area contributed by atoms with Crippen LogP contribution in [0.2, 0.25) is 5.02 Å². The molecule has 4 heteroatoms. The second-order valence-corrected chi connectivity index (χ2v) is 4.01. The fourth-order valence-corrected chi connectivity index (χ4v) is 1.62. The number of halogens is 2. The van der Waals surface area contributed by atoms with Gasteiger partial charge in [0, 0.05) is 6.54 Å². The van der Waals surface area contributed by atoms with Crippen LogP contribution in [0.1, 0.15) is 5.56 Å². The van der Waals surface area contributed by atoms with E-state index in [0.29, 0.717) is 5.02 Å². The fraction of sp³-hybridized carbons (Fsp3) is 0.400. The lowest BCUT2D eigenvalue weighted by Gasteiger charge is -2.13. The minimum atomic E-state index is 0.660. The Morgan fingerprint density at radius 1 is 1.50 bits per heavy atom. The van der Waals surface area contributed by atoms with Crippen molar-refractivity contribution in [2.45, 2.75) is 6.54 Å². The highest BCUT2D eigenvalue weighted by atomic mass is 79.9. The van der Waals surface area contributed by atoms with E-state index in [-0.39, 0.29) is 0 Å². The summed E-state index contributed by atoms with van der Waals surface area (Å²) in [6, 6.07) is 5.84. The summed E-state index contributed by atoms with van der Waals surface area (Å²) >= 11 is 9.39. The van der Waals surface area contributed by atoms with E-state index in [1.807, 2.05) is 25.2 Å². The molecule has 0 aliphatic rings. The van der Waals surface area contributed by atoms with Gasteiger partial charge in [-0.05, 0) is 24.7 Å². The zero-order valence-electron chi connectivity index (χ0n) is 8.26. The molecule has 2 nitrogen and oxygen atoms in total. The van der Waals surface area contributed by atoms with E-state index in [2.05, 4.69) is 20.8 Å². The zero-order valence-corrected chi connectivity index (χ0v) is 10.6. The summed E-state index contributed by atoms with van der Waals surface area (Å²) in [5.74, 6) is 0.719. The highest BCUT2D eigenvalue weighted by molar-refractivity contribution is 9.09. The van der Waals surface area contributed by atoms with Gasteiger partial charge in [-0.25, -0.2) is 0 Å². The third-order valence-corrected chi connectivity index (χ3v) is 3.02. The van der Waals surface area contributed by atoms with E-state index in [1.54, 1.807) is 7.11 Å². The summed E-state index contributed by atoms with van der Waals surface area (Å²) in [4.78, 5) is 2.14. The van der Waals surface area contributed by atoms with Crippen molar-refractivity contribution in [3.63, 3.8) is 0 Å². The molecule has 0 amide bonds. The molecule has 1 aromatic carbocycles. The fourth-order valence-electron chi connectivity index (χ4n) is 1.16. The number of ether oxygens (including phenoxy) is 1. The molecule has 78 valence electrons. The van der Waals surface area contributed by atoms with Gasteiger partial charge in [-0.1, -0.05) is 33.6 Å². The Morgan fingerprint density at radius 2 is 2.21 bits per heavy atom. The molecule has 0 bridgehead atoms. The number of benzene rings is 1. The van der Waals surface area contributed by atoms with Crippen molar-refractivity contribution in [3.8, 4) is 5.75 Å². The zero-order chi connectivity index (χ0) is 10.6. The molecule has 0 N–H and O–H groups in total. The molecular formula is C10H13BrClNO. The molecule has 0 saturated heterocycles. The predicted octanol–water partition coefficient (Wildman–Crippen LogP) is 3.13. The van der Waals surface area contributed by atoms with Crippen LogP contribution >= 0.6 is 27.5 Å². The van der Waals surface area contributed by atoms with Gasteiger partial charge in [0.1, 0.15) is 5.75 Å². The smallest absolute Gasteiger partial charge is 0.137 e. The third kappa shape index (κ3) is 3.15. The molecular weight excluding hydrogens is 265 g/mol. The van der Waals surface area contributed by atoms with Gasteiger partial charge in [0.2, 0.25) is 0 Å². The summed E-state index contributed by atoms with van der Waals surface area (Å²) in [5, 5.41) is 0.660. The molecule has 0 heterocycles. The average Bonchev–Trinajstić information content (AvgIpc) is 2.18. The Morgan fingerprint density at radius 3 is 2.71 bits per heavy atom. The van der Waals surface area contributed by atoms with Gasteiger partial charge >= 0.3 is 0 Å². The summed E-state index contributed by atoms with van der Waals surface area (Å²) in [6.07, 6.45) is 0. The van der Waals surface area contributed by atoms with Crippen LogP contribution in [-0.2, 0) is 6.54 Å². The van der Waals surface area contributed by atoms with Gasteiger partial charge in [-0.3, -0.25) is 4.90 Å². The molecule has 14 heavy (non-hydrogen) atoms. The molecule has 1 rings (SSSR count). The summed E-state index contributed by atoms with van der Waals surface area (Å²) < 4.78 is 5.08. The Labute approximate surface area is 97.9 Å². The van der Waals surface area contributed by atoms with Crippen LogP contribution in [0.15, 0.2) is 18.2 Å². The molecule has 0 saturated carbocycles. The number of hydrogen-bond donors (Lipinski definition) is 0. The van der Waals surface area contributed by atoms with Gasteiger partial charge in [-0.2, -0.15) is 0 Å². The summed E-state index contributed by atoms with van der Waals surface area (Å²) in [5.41, 5.74) is 2.02. The largest absolute Gasteiger partial charge is 0.495 e. The number of hydrogen-bond acceptors (Lipinski definition) is 2. The van der Waals surface area contributed by atoms with E-state index in [9.17, 15) is 0 Å². The average molecular weight is 279 g/mol. The number of rotatable bonds is 4. The highest BCUT2D eigenvalue weighted by Gasteiger charge is 2.03. The Balaban J connectivity index is 2.76. The SMILES string of the molecule is COc1ccc(CN(C)CBr)cc1Cl. The lowest BCUT2D eigenvalue weighted by molar-refractivity contribution is 0.388. The minimum absolute atomic E-state index is 0.660. The van der Waals surface area contributed by atoms with E-state index in [0.717, 1.165) is 17.7 Å². The van der Waals surface area contributed by atoms with Crippen LogP contribution in [0.3, 0.4) is 0 Å². The standard InChI is InChI=1S/C10H13BrClNO/c1-13(7-11)6-8-3-4-10(14-2)9(12)5-8/h3-5H,6-7H2,1-2H3. The quantitative estimate of drug-likeness (QED) is 0.620. The first-order chi connectivity index (χ1) is 6.67. The van der Waals surface area contributed by atoms with Crippen LogP contribution in [-0.4, -0.2) is 24.5 Å². The lowest BCUT2D eigenvalue weighted by atomic mass is 10.2. The van der Waals surface area contributed by atoms with Crippen molar-refractivity contribution in [1.82, 2.24) is 4.90 Å². The molecule has 1 aromatic rings. The van der Waals surface area contributed by atoms with Crippen molar-refractivity contribution in [1.29, 1.82) is 0 Å². The van der Waals surface area contributed by atoms with Gasteiger partial charge < -0.3 is 4.74 Å². The number of nitrogens with zero attached hydrogens (tertiary/aromatic N) is 1. The van der Waals surface area contributed by atoms with Crippen LogP contribution in [0.25, 0.3) is 0 Å². The van der Waals surface area contributed by atoms with E-state index in [1.165, 1.54) is 5.56 Å². The normalized spacial score (nSPS) is 10.6. The Hall–Kier alpha value is -0.250. The van der Waals surface area contributed by atoms with Crippen molar-refractivity contribution < 1.29 is 4.74 Å². The van der Waals surface area contributed by atoms with Gasteiger partial charge in [-0.15, -0.1) is 0 Å². The maximum atomic E-state index is 6.00. The third-order valence-electron chi connectivity index (χ3n) is 1.87. The van der Waals surface area contributed by atoms with Crippen molar-refractivity contribution in [2.75, 3.05) is 19.6 Å². The van der Waals surface area contributed by atoms with Gasteiger partial charge in [0.25, 0.3) is 0 Å². The molecule has 0 spiro atoms. The molecule has 0 aliphatic carbocycles. The maximum absolute atomic E-state index is 6.00. The summed E-state index contributed by atoms with van der Waals surface area (Å²) in [7, 11) is 3.65. The first kappa shape index (κ1) is 11.8. The van der Waals surface area contributed by atoms with Crippen molar-refractivity contribution >= 4 is 27.5 Å². The monoisotopic (exact) mass is 277 g/mol. The molecule has 0 unspecified atom stereocenters. The summed E-state index contributed by atoms with van der Waals surface area (Å²) in [6.45, 7) is 0.870. The van der Waals surface area contributed by atoms with Crippen molar-refractivity contribution in [2.24, 2.45) is 0 Å².